The van der Waals surface area contributed by atoms with Crippen molar-refractivity contribution in [3.63, 3.8) is 0 Å². The van der Waals surface area contributed by atoms with Crippen LogP contribution in [-0.4, -0.2) is 73.2 Å². The number of ether oxygens (including phenoxy) is 2. The summed E-state index contributed by atoms with van der Waals surface area (Å²) in [6.07, 6.45) is 0.305. The Hall–Kier alpha value is -0.690. The molecule has 0 spiro atoms. The van der Waals surface area contributed by atoms with Gasteiger partial charge in [-0.3, -0.25) is 9.69 Å². The van der Waals surface area contributed by atoms with Crippen LogP contribution in [0.15, 0.2) is 0 Å². The van der Waals surface area contributed by atoms with Crippen LogP contribution in [-0.2, 0) is 14.3 Å². The number of rotatable bonds is 8. The Balaban J connectivity index is 2.62. The summed E-state index contributed by atoms with van der Waals surface area (Å²) in [7, 11) is 1.53. The lowest BCUT2D eigenvalue weighted by Crippen LogP contribution is -2.47. The summed E-state index contributed by atoms with van der Waals surface area (Å²) in [4.78, 5) is 13.1. The molecule has 106 valence electrons. The summed E-state index contributed by atoms with van der Waals surface area (Å²) in [6.45, 7) is 4.11. The molecule has 6 nitrogen and oxygen atoms in total. The number of carboxylic acid groups (broad SMARTS) is 1. The molecule has 0 aromatic rings. The monoisotopic (exact) mass is 261 g/mol. The minimum Gasteiger partial charge on any atom is -0.481 e. The molecule has 0 aromatic carbocycles. The highest BCUT2D eigenvalue weighted by atomic mass is 16.5. The van der Waals surface area contributed by atoms with Gasteiger partial charge in [-0.05, 0) is 13.0 Å². The minimum absolute atomic E-state index is 0.158. The maximum atomic E-state index is 11.1. The number of aliphatic hydroxyl groups is 1. The van der Waals surface area contributed by atoms with Crippen molar-refractivity contribution < 1.29 is 24.5 Å². The molecule has 1 saturated heterocycles. The fourth-order valence-electron chi connectivity index (χ4n) is 2.33. The van der Waals surface area contributed by atoms with Gasteiger partial charge in [0.15, 0.2) is 0 Å². The second-order valence-corrected chi connectivity index (χ2v) is 4.65. The molecule has 1 aliphatic rings. The molecule has 18 heavy (non-hydrogen) atoms. The number of nitrogens with zero attached hydrogens (tertiary/aromatic N) is 1. The van der Waals surface area contributed by atoms with Crippen molar-refractivity contribution in [2.24, 2.45) is 5.92 Å². The van der Waals surface area contributed by atoms with Crippen molar-refractivity contribution in [3.05, 3.63) is 0 Å². The first-order chi connectivity index (χ1) is 8.60. The van der Waals surface area contributed by atoms with Crippen molar-refractivity contribution in [2.45, 2.75) is 25.5 Å². The molecule has 3 unspecified atom stereocenters. The summed E-state index contributed by atoms with van der Waals surface area (Å²) in [5.74, 6) is -1.34. The first kappa shape index (κ1) is 15.4. The van der Waals surface area contributed by atoms with Gasteiger partial charge >= 0.3 is 5.97 Å². The van der Waals surface area contributed by atoms with E-state index in [1.54, 1.807) is 0 Å². The number of carboxylic acids is 1. The number of aliphatic carboxylic acids is 1. The third-order valence-corrected chi connectivity index (χ3v) is 3.15. The van der Waals surface area contributed by atoms with Crippen LogP contribution < -0.4 is 0 Å². The Morgan fingerprint density at radius 2 is 2.28 bits per heavy atom. The molecule has 1 fully saturated rings. The average molecular weight is 261 g/mol. The third kappa shape index (κ3) is 4.20. The zero-order valence-corrected chi connectivity index (χ0v) is 11.0. The maximum absolute atomic E-state index is 11.1. The third-order valence-electron chi connectivity index (χ3n) is 3.15. The molecule has 0 aliphatic carbocycles. The number of carbonyl (C=O) groups is 1. The standard InChI is InChI=1S/C12H23NO5/c1-3-4-13(5-9(14)6-17-2)11-8-18-7-10(11)12(15)16/h9-11,14H,3-8H2,1-2H3,(H,15,16). The van der Waals surface area contributed by atoms with Crippen LogP contribution in [0.1, 0.15) is 13.3 Å². The molecule has 0 radical (unpaired) electrons. The molecule has 6 heteroatoms. The number of hydrogen-bond donors (Lipinski definition) is 2. The summed E-state index contributed by atoms with van der Waals surface area (Å²) in [5, 5.41) is 18.9. The molecule has 3 atom stereocenters. The quantitative estimate of drug-likeness (QED) is 0.630. The fourth-order valence-corrected chi connectivity index (χ4v) is 2.33. The van der Waals surface area contributed by atoms with E-state index in [1.807, 2.05) is 11.8 Å². The SMILES string of the molecule is CCCN(CC(O)COC)C1COCC1C(=O)O. The van der Waals surface area contributed by atoms with E-state index in [0.29, 0.717) is 13.2 Å². The highest BCUT2D eigenvalue weighted by Gasteiger charge is 2.38. The van der Waals surface area contributed by atoms with E-state index < -0.39 is 18.0 Å². The van der Waals surface area contributed by atoms with E-state index in [-0.39, 0.29) is 19.3 Å². The molecule has 0 aromatic heterocycles. The van der Waals surface area contributed by atoms with Gasteiger partial charge < -0.3 is 19.7 Å². The maximum Gasteiger partial charge on any atom is 0.310 e. The van der Waals surface area contributed by atoms with Crippen LogP contribution in [0.2, 0.25) is 0 Å². The van der Waals surface area contributed by atoms with E-state index in [0.717, 1.165) is 13.0 Å². The smallest absolute Gasteiger partial charge is 0.310 e. The van der Waals surface area contributed by atoms with E-state index in [2.05, 4.69) is 0 Å². The van der Waals surface area contributed by atoms with Gasteiger partial charge in [-0.2, -0.15) is 0 Å². The molecule has 0 bridgehead atoms. The molecule has 1 heterocycles. The van der Waals surface area contributed by atoms with Gasteiger partial charge in [0.1, 0.15) is 0 Å². The van der Waals surface area contributed by atoms with Crippen molar-refractivity contribution in [3.8, 4) is 0 Å². The van der Waals surface area contributed by atoms with Crippen LogP contribution >= 0.6 is 0 Å². The Morgan fingerprint density at radius 3 is 2.83 bits per heavy atom. The predicted molar refractivity (Wildman–Crippen MR) is 65.5 cm³/mol. The van der Waals surface area contributed by atoms with Crippen LogP contribution in [0, 0.1) is 5.92 Å². The lowest BCUT2D eigenvalue weighted by Gasteiger charge is -2.31. The molecule has 1 aliphatic heterocycles. The Labute approximate surface area is 107 Å². The first-order valence-electron chi connectivity index (χ1n) is 6.31. The predicted octanol–water partition coefficient (Wildman–Crippen LogP) is -0.195. The van der Waals surface area contributed by atoms with Crippen molar-refractivity contribution in [1.82, 2.24) is 4.90 Å². The molecule has 0 saturated carbocycles. The van der Waals surface area contributed by atoms with E-state index in [9.17, 15) is 9.90 Å². The molecular weight excluding hydrogens is 238 g/mol. The Kier molecular flexibility index (Phi) is 6.56. The van der Waals surface area contributed by atoms with E-state index >= 15 is 0 Å². The molecular formula is C12H23NO5. The van der Waals surface area contributed by atoms with E-state index in [1.165, 1.54) is 7.11 Å². The van der Waals surface area contributed by atoms with Gasteiger partial charge in [0.25, 0.3) is 0 Å². The first-order valence-corrected chi connectivity index (χ1v) is 6.31. The molecule has 1 rings (SSSR count). The molecule has 0 amide bonds. The minimum atomic E-state index is -0.833. The number of aliphatic hydroxyl groups excluding tert-OH is 1. The zero-order chi connectivity index (χ0) is 13.5. The Bertz CT molecular complexity index is 261. The highest BCUT2D eigenvalue weighted by molar-refractivity contribution is 5.71. The topological polar surface area (TPSA) is 79.2 Å². The van der Waals surface area contributed by atoms with Crippen molar-refractivity contribution >= 4 is 5.97 Å². The lowest BCUT2D eigenvalue weighted by molar-refractivity contribution is -0.143. The largest absolute Gasteiger partial charge is 0.481 e. The van der Waals surface area contributed by atoms with Crippen LogP contribution in [0.3, 0.4) is 0 Å². The average Bonchev–Trinajstić information content (AvgIpc) is 2.77. The fraction of sp³-hybridized carbons (Fsp3) is 0.917. The number of hydrogen-bond acceptors (Lipinski definition) is 5. The summed E-state index contributed by atoms with van der Waals surface area (Å²) >= 11 is 0. The summed E-state index contributed by atoms with van der Waals surface area (Å²) < 4.78 is 10.2. The van der Waals surface area contributed by atoms with Gasteiger partial charge in [0, 0.05) is 19.7 Å². The van der Waals surface area contributed by atoms with Gasteiger partial charge in [-0.25, -0.2) is 0 Å². The number of methoxy groups -OCH3 is 1. The van der Waals surface area contributed by atoms with E-state index in [4.69, 9.17) is 14.6 Å². The van der Waals surface area contributed by atoms with Gasteiger partial charge in [0.05, 0.1) is 31.8 Å². The summed E-state index contributed by atoms with van der Waals surface area (Å²) in [5.41, 5.74) is 0. The lowest BCUT2D eigenvalue weighted by atomic mass is 10.0. The van der Waals surface area contributed by atoms with Gasteiger partial charge in [0.2, 0.25) is 0 Å². The second-order valence-electron chi connectivity index (χ2n) is 4.65. The second kappa shape index (κ2) is 7.68. The highest BCUT2D eigenvalue weighted by Crippen LogP contribution is 2.20. The van der Waals surface area contributed by atoms with Gasteiger partial charge in [-0.1, -0.05) is 6.92 Å². The van der Waals surface area contributed by atoms with Crippen molar-refractivity contribution in [2.75, 3.05) is 40.0 Å². The van der Waals surface area contributed by atoms with Crippen LogP contribution in [0.5, 0.6) is 0 Å². The van der Waals surface area contributed by atoms with Crippen LogP contribution in [0.25, 0.3) is 0 Å². The van der Waals surface area contributed by atoms with Crippen molar-refractivity contribution in [1.29, 1.82) is 0 Å². The van der Waals surface area contributed by atoms with Crippen LogP contribution in [0.4, 0.5) is 0 Å². The summed E-state index contributed by atoms with van der Waals surface area (Å²) in [6, 6.07) is -0.158. The normalized spacial score (nSPS) is 25.6. The molecule has 2 N–H and O–H groups in total. The van der Waals surface area contributed by atoms with Gasteiger partial charge in [-0.15, -0.1) is 0 Å². The zero-order valence-electron chi connectivity index (χ0n) is 11.0. The Morgan fingerprint density at radius 1 is 1.56 bits per heavy atom.